The van der Waals surface area contributed by atoms with Crippen molar-refractivity contribution in [3.8, 4) is 0 Å². The molecule has 150 valence electrons. The molecule has 1 N–H and O–H groups in total. The molecule has 6 heteroatoms. The van der Waals surface area contributed by atoms with Crippen molar-refractivity contribution in [3.63, 3.8) is 0 Å². The number of halogens is 1. The summed E-state index contributed by atoms with van der Waals surface area (Å²) in [6.07, 6.45) is 0. The number of nitrogens with zero attached hydrogens (tertiary/aromatic N) is 2. The number of para-hydroxylation sites is 1. The number of aryl methyl sites for hydroxylation is 2. The quantitative estimate of drug-likeness (QED) is 0.644. The SMILES string of the molecule is Cc1ccc(NC(=O)CN2C(=O)C(=Nc3ccc(Cl)cc3)c3ccccc32)cc1C. The summed E-state index contributed by atoms with van der Waals surface area (Å²) >= 11 is 5.94. The van der Waals surface area contributed by atoms with Gasteiger partial charge in [-0.1, -0.05) is 35.9 Å². The molecule has 1 heterocycles. The van der Waals surface area contributed by atoms with E-state index >= 15 is 0 Å². The number of nitrogens with one attached hydrogen (secondary N) is 1. The molecule has 0 atom stereocenters. The summed E-state index contributed by atoms with van der Waals surface area (Å²) < 4.78 is 0. The third-order valence-corrected chi connectivity index (χ3v) is 5.31. The fourth-order valence-electron chi connectivity index (χ4n) is 3.33. The van der Waals surface area contributed by atoms with Crippen LogP contribution in [0.4, 0.5) is 17.1 Å². The Balaban J connectivity index is 1.59. The molecular formula is C24H20ClN3O2. The van der Waals surface area contributed by atoms with Crippen LogP contribution in [0, 0.1) is 13.8 Å². The third kappa shape index (κ3) is 3.98. The molecular weight excluding hydrogens is 398 g/mol. The summed E-state index contributed by atoms with van der Waals surface area (Å²) in [6, 6.07) is 20.0. The number of aliphatic imine (C=N–C) groups is 1. The van der Waals surface area contributed by atoms with Crippen LogP contribution in [0.25, 0.3) is 0 Å². The first-order valence-electron chi connectivity index (χ1n) is 9.55. The molecule has 2 amide bonds. The maximum absolute atomic E-state index is 13.1. The van der Waals surface area contributed by atoms with E-state index < -0.39 is 0 Å². The summed E-state index contributed by atoms with van der Waals surface area (Å²) in [4.78, 5) is 31.8. The van der Waals surface area contributed by atoms with Gasteiger partial charge in [-0.05, 0) is 67.4 Å². The fraction of sp³-hybridized carbons (Fsp3) is 0.125. The summed E-state index contributed by atoms with van der Waals surface area (Å²) in [5, 5.41) is 3.47. The Morgan fingerprint density at radius 1 is 1.00 bits per heavy atom. The van der Waals surface area contributed by atoms with E-state index in [9.17, 15) is 9.59 Å². The molecule has 1 aliphatic heterocycles. The Labute approximate surface area is 180 Å². The number of rotatable bonds is 4. The molecule has 0 aromatic heterocycles. The molecule has 0 saturated carbocycles. The highest BCUT2D eigenvalue weighted by Crippen LogP contribution is 2.31. The Morgan fingerprint density at radius 3 is 2.47 bits per heavy atom. The van der Waals surface area contributed by atoms with E-state index in [1.54, 1.807) is 24.3 Å². The smallest absolute Gasteiger partial charge is 0.278 e. The van der Waals surface area contributed by atoms with Crippen molar-refractivity contribution < 1.29 is 9.59 Å². The Morgan fingerprint density at radius 2 is 1.73 bits per heavy atom. The number of carbonyl (C=O) groups excluding carboxylic acids is 2. The summed E-state index contributed by atoms with van der Waals surface area (Å²) in [5.74, 6) is -0.574. The van der Waals surface area contributed by atoms with Crippen LogP contribution in [0.3, 0.4) is 0 Å². The number of amides is 2. The summed E-state index contributed by atoms with van der Waals surface area (Å²) in [7, 11) is 0. The molecule has 0 aliphatic carbocycles. The lowest BCUT2D eigenvalue weighted by atomic mass is 10.1. The molecule has 0 radical (unpaired) electrons. The predicted molar refractivity (Wildman–Crippen MR) is 121 cm³/mol. The minimum atomic E-state index is -0.304. The summed E-state index contributed by atoms with van der Waals surface area (Å²) in [5.41, 5.74) is 5.26. The number of anilines is 2. The van der Waals surface area contributed by atoms with Gasteiger partial charge in [-0.25, -0.2) is 4.99 Å². The molecule has 1 aliphatic rings. The lowest BCUT2D eigenvalue weighted by Gasteiger charge is -2.16. The first-order valence-corrected chi connectivity index (χ1v) is 9.93. The molecule has 3 aromatic rings. The average Bonchev–Trinajstić information content (AvgIpc) is 2.98. The van der Waals surface area contributed by atoms with E-state index in [2.05, 4.69) is 10.3 Å². The predicted octanol–water partition coefficient (Wildman–Crippen LogP) is 5.06. The van der Waals surface area contributed by atoms with Gasteiger partial charge in [0, 0.05) is 16.3 Å². The lowest BCUT2D eigenvalue weighted by molar-refractivity contribution is -0.118. The minimum Gasteiger partial charge on any atom is -0.325 e. The van der Waals surface area contributed by atoms with Gasteiger partial charge in [-0.15, -0.1) is 0 Å². The molecule has 0 fully saturated rings. The molecule has 30 heavy (non-hydrogen) atoms. The van der Waals surface area contributed by atoms with Gasteiger partial charge in [0.1, 0.15) is 12.3 Å². The van der Waals surface area contributed by atoms with Crippen LogP contribution in [-0.2, 0) is 9.59 Å². The van der Waals surface area contributed by atoms with Gasteiger partial charge in [-0.2, -0.15) is 0 Å². The number of benzene rings is 3. The van der Waals surface area contributed by atoms with E-state index in [-0.39, 0.29) is 18.4 Å². The van der Waals surface area contributed by atoms with Crippen LogP contribution in [0.5, 0.6) is 0 Å². The van der Waals surface area contributed by atoms with Gasteiger partial charge in [0.2, 0.25) is 5.91 Å². The van der Waals surface area contributed by atoms with Crippen LogP contribution in [0.15, 0.2) is 71.7 Å². The van der Waals surface area contributed by atoms with E-state index in [1.165, 1.54) is 4.90 Å². The highest BCUT2D eigenvalue weighted by atomic mass is 35.5. The second kappa shape index (κ2) is 8.13. The topological polar surface area (TPSA) is 61.8 Å². The van der Waals surface area contributed by atoms with Crippen LogP contribution >= 0.6 is 11.6 Å². The van der Waals surface area contributed by atoms with Gasteiger partial charge in [0.15, 0.2) is 0 Å². The molecule has 0 spiro atoms. The van der Waals surface area contributed by atoms with Gasteiger partial charge in [-0.3, -0.25) is 14.5 Å². The van der Waals surface area contributed by atoms with Crippen LogP contribution in [0.2, 0.25) is 5.02 Å². The first-order chi connectivity index (χ1) is 14.4. The Hall–Kier alpha value is -3.44. The second-order valence-electron chi connectivity index (χ2n) is 7.19. The van der Waals surface area contributed by atoms with Crippen molar-refractivity contribution in [2.24, 2.45) is 4.99 Å². The van der Waals surface area contributed by atoms with Crippen molar-refractivity contribution in [2.75, 3.05) is 16.8 Å². The van der Waals surface area contributed by atoms with Crippen molar-refractivity contribution in [2.45, 2.75) is 13.8 Å². The van der Waals surface area contributed by atoms with Crippen molar-refractivity contribution in [1.29, 1.82) is 0 Å². The fourth-order valence-corrected chi connectivity index (χ4v) is 3.46. The number of carbonyl (C=O) groups is 2. The van der Waals surface area contributed by atoms with Gasteiger partial charge >= 0.3 is 0 Å². The highest BCUT2D eigenvalue weighted by Gasteiger charge is 2.34. The number of hydrogen-bond donors (Lipinski definition) is 1. The van der Waals surface area contributed by atoms with Gasteiger partial charge in [0.25, 0.3) is 5.91 Å². The first kappa shape index (κ1) is 19.9. The zero-order chi connectivity index (χ0) is 21.3. The minimum absolute atomic E-state index is 0.0948. The zero-order valence-electron chi connectivity index (χ0n) is 16.6. The van der Waals surface area contributed by atoms with Crippen LogP contribution in [-0.4, -0.2) is 24.1 Å². The van der Waals surface area contributed by atoms with Crippen LogP contribution in [0.1, 0.15) is 16.7 Å². The normalized spacial score (nSPS) is 14.2. The third-order valence-electron chi connectivity index (χ3n) is 5.06. The van der Waals surface area contributed by atoms with Crippen LogP contribution < -0.4 is 10.2 Å². The maximum Gasteiger partial charge on any atom is 0.278 e. The molecule has 0 saturated heterocycles. The van der Waals surface area contributed by atoms with Gasteiger partial charge in [0.05, 0.1) is 11.4 Å². The van der Waals surface area contributed by atoms with E-state index in [4.69, 9.17) is 11.6 Å². The standard InChI is InChI=1S/C24H20ClN3O2/c1-15-7-10-19(13-16(15)2)26-22(29)14-28-21-6-4-3-5-20(21)23(24(28)30)27-18-11-8-17(25)9-12-18/h3-13H,14H2,1-2H3,(H,26,29). The molecule has 4 rings (SSSR count). The molecule has 5 nitrogen and oxygen atoms in total. The lowest BCUT2D eigenvalue weighted by Crippen LogP contribution is -2.37. The summed E-state index contributed by atoms with van der Waals surface area (Å²) in [6.45, 7) is 3.91. The molecule has 0 unspecified atom stereocenters. The Bertz CT molecular complexity index is 1170. The highest BCUT2D eigenvalue weighted by molar-refractivity contribution is 6.55. The van der Waals surface area contributed by atoms with Crippen molar-refractivity contribution in [1.82, 2.24) is 0 Å². The van der Waals surface area contributed by atoms with Gasteiger partial charge < -0.3 is 5.32 Å². The molecule has 0 bridgehead atoms. The Kier molecular flexibility index (Phi) is 5.38. The van der Waals surface area contributed by atoms with Crippen molar-refractivity contribution >= 4 is 46.2 Å². The van der Waals surface area contributed by atoms with E-state index in [0.29, 0.717) is 33.4 Å². The maximum atomic E-state index is 13.1. The second-order valence-corrected chi connectivity index (χ2v) is 7.63. The van der Waals surface area contributed by atoms with E-state index in [0.717, 1.165) is 11.1 Å². The monoisotopic (exact) mass is 417 g/mol. The number of fused-ring (bicyclic) bond motifs is 1. The van der Waals surface area contributed by atoms with Crippen molar-refractivity contribution in [3.05, 3.63) is 88.4 Å². The number of hydrogen-bond acceptors (Lipinski definition) is 3. The average molecular weight is 418 g/mol. The van der Waals surface area contributed by atoms with E-state index in [1.807, 2.05) is 56.3 Å². The largest absolute Gasteiger partial charge is 0.325 e. The molecule has 3 aromatic carbocycles. The zero-order valence-corrected chi connectivity index (χ0v) is 17.4.